The molecule has 0 amide bonds. The molecule has 0 heterocycles. The first-order chi connectivity index (χ1) is 40.0. The Labute approximate surface area is 501 Å². The number of carbonyl (C=O) groups is 3. The average Bonchev–Trinajstić information content (AvgIpc) is 3.47. The average molecular weight is 1130 g/mol. The number of ether oxygens (including phenoxy) is 3. The minimum absolute atomic E-state index is 0.0865. The number of esters is 3. The summed E-state index contributed by atoms with van der Waals surface area (Å²) in [4.78, 5) is 38.5. The molecule has 0 saturated carbocycles. The van der Waals surface area contributed by atoms with Gasteiger partial charge in [-0.25, -0.2) is 0 Å². The van der Waals surface area contributed by atoms with Crippen molar-refractivity contribution >= 4 is 17.9 Å². The Kier molecular flexibility index (Phi) is 65.2. The molecule has 0 saturated heterocycles. The Morgan fingerprint density at radius 1 is 0.259 bits per heavy atom. The Morgan fingerprint density at radius 3 is 0.765 bits per heavy atom. The summed E-state index contributed by atoms with van der Waals surface area (Å²) in [6, 6.07) is 0. The normalized spacial score (nSPS) is 12.8. The Balaban J connectivity index is 4.42. The molecule has 0 rings (SSSR count). The first-order valence-electron chi connectivity index (χ1n) is 34.4. The van der Waals surface area contributed by atoms with Crippen molar-refractivity contribution in [2.24, 2.45) is 0 Å². The van der Waals surface area contributed by atoms with Crippen molar-refractivity contribution < 1.29 is 28.6 Å². The highest BCUT2D eigenvalue weighted by atomic mass is 16.6. The van der Waals surface area contributed by atoms with Crippen molar-refractivity contribution in [3.63, 3.8) is 0 Å². The Morgan fingerprint density at radius 2 is 0.481 bits per heavy atom. The lowest BCUT2D eigenvalue weighted by Gasteiger charge is -2.18. The predicted molar refractivity (Wildman–Crippen MR) is 353 cm³/mol. The van der Waals surface area contributed by atoms with Crippen molar-refractivity contribution in [1.82, 2.24) is 0 Å². The minimum Gasteiger partial charge on any atom is -0.462 e. The van der Waals surface area contributed by atoms with Gasteiger partial charge in [0, 0.05) is 19.3 Å². The summed E-state index contributed by atoms with van der Waals surface area (Å²) in [6.07, 6.45) is 93.8. The van der Waals surface area contributed by atoms with Crippen LogP contribution in [0.5, 0.6) is 0 Å². The molecular weight excluding hydrogens is 997 g/mol. The van der Waals surface area contributed by atoms with Gasteiger partial charge in [0.15, 0.2) is 6.10 Å². The van der Waals surface area contributed by atoms with Crippen molar-refractivity contribution in [1.29, 1.82) is 0 Å². The van der Waals surface area contributed by atoms with Crippen LogP contribution in [0.2, 0.25) is 0 Å². The Hall–Kier alpha value is -3.93. The molecule has 0 aromatic heterocycles. The van der Waals surface area contributed by atoms with Gasteiger partial charge in [0.2, 0.25) is 0 Å². The summed E-state index contributed by atoms with van der Waals surface area (Å²) in [5, 5.41) is 0. The molecule has 1 atom stereocenters. The fraction of sp³-hybridized carbons (Fsp3) is 0.720. The molecule has 0 aromatic rings. The predicted octanol–water partition coefficient (Wildman–Crippen LogP) is 23.8. The summed E-state index contributed by atoms with van der Waals surface area (Å²) < 4.78 is 17.0. The van der Waals surface area contributed by atoms with Crippen LogP contribution in [0.3, 0.4) is 0 Å². The summed E-state index contributed by atoms with van der Waals surface area (Å²) in [5.41, 5.74) is 0. The van der Waals surface area contributed by atoms with Gasteiger partial charge in [-0.1, -0.05) is 291 Å². The maximum atomic E-state index is 13.0. The monoisotopic (exact) mass is 1120 g/mol. The van der Waals surface area contributed by atoms with E-state index in [1.54, 1.807) is 0 Å². The second kappa shape index (κ2) is 68.6. The van der Waals surface area contributed by atoms with Gasteiger partial charge < -0.3 is 14.2 Å². The van der Waals surface area contributed by atoms with E-state index in [0.717, 1.165) is 116 Å². The number of allylic oxidation sites excluding steroid dienone is 18. The number of rotatable bonds is 62. The molecule has 0 radical (unpaired) electrons. The molecule has 81 heavy (non-hydrogen) atoms. The zero-order valence-corrected chi connectivity index (χ0v) is 53.3. The summed E-state index contributed by atoms with van der Waals surface area (Å²) in [7, 11) is 0. The SMILES string of the molecule is CC/C=C\C/C=C\C/C=C\C/C=C\C/C=C\C/C=C\CCCCCCCCC(=O)OCC(COC(=O)CCCCCCCCC/C=C\CCCCCCCC)OC(=O)CCCCCCCCCCC/C=C\C/C=C\CCCCCCC. The molecule has 0 aliphatic heterocycles. The van der Waals surface area contributed by atoms with Gasteiger partial charge in [0.25, 0.3) is 0 Å². The van der Waals surface area contributed by atoms with Gasteiger partial charge in [-0.3, -0.25) is 14.4 Å². The maximum Gasteiger partial charge on any atom is 0.306 e. The van der Waals surface area contributed by atoms with E-state index in [4.69, 9.17) is 14.2 Å². The van der Waals surface area contributed by atoms with Gasteiger partial charge in [-0.05, 0) is 128 Å². The zero-order valence-electron chi connectivity index (χ0n) is 53.3. The first-order valence-corrected chi connectivity index (χ1v) is 34.4. The van der Waals surface area contributed by atoms with Crippen LogP contribution in [-0.4, -0.2) is 37.2 Å². The van der Waals surface area contributed by atoms with E-state index >= 15 is 0 Å². The van der Waals surface area contributed by atoms with E-state index in [2.05, 4.69) is 130 Å². The van der Waals surface area contributed by atoms with Gasteiger partial charge in [0.1, 0.15) is 13.2 Å². The smallest absolute Gasteiger partial charge is 0.306 e. The quantitative estimate of drug-likeness (QED) is 0.0261. The topological polar surface area (TPSA) is 78.9 Å². The molecule has 0 spiro atoms. The molecule has 6 nitrogen and oxygen atoms in total. The molecule has 0 fully saturated rings. The lowest BCUT2D eigenvalue weighted by Crippen LogP contribution is -2.30. The number of carbonyl (C=O) groups excluding carboxylic acids is 3. The van der Waals surface area contributed by atoms with Crippen molar-refractivity contribution in [2.75, 3.05) is 13.2 Å². The van der Waals surface area contributed by atoms with Crippen molar-refractivity contribution in [2.45, 2.75) is 335 Å². The van der Waals surface area contributed by atoms with Crippen LogP contribution in [0, 0.1) is 0 Å². The third-order valence-corrected chi connectivity index (χ3v) is 14.7. The second-order valence-electron chi connectivity index (χ2n) is 22.7. The lowest BCUT2D eigenvalue weighted by molar-refractivity contribution is -0.167. The van der Waals surface area contributed by atoms with Gasteiger partial charge in [0.05, 0.1) is 0 Å². The van der Waals surface area contributed by atoms with Crippen LogP contribution >= 0.6 is 0 Å². The number of unbranched alkanes of at least 4 members (excludes halogenated alkanes) is 33. The van der Waals surface area contributed by atoms with Gasteiger partial charge in [-0.2, -0.15) is 0 Å². The molecule has 0 aromatic carbocycles. The highest BCUT2D eigenvalue weighted by Crippen LogP contribution is 2.16. The van der Waals surface area contributed by atoms with Crippen LogP contribution < -0.4 is 0 Å². The second-order valence-corrected chi connectivity index (χ2v) is 22.7. The molecule has 6 heteroatoms. The molecule has 0 bridgehead atoms. The van der Waals surface area contributed by atoms with Crippen LogP contribution in [0.15, 0.2) is 109 Å². The van der Waals surface area contributed by atoms with Crippen LogP contribution in [0.4, 0.5) is 0 Å². The van der Waals surface area contributed by atoms with Crippen LogP contribution in [-0.2, 0) is 28.6 Å². The largest absolute Gasteiger partial charge is 0.462 e. The molecule has 0 aliphatic carbocycles. The van der Waals surface area contributed by atoms with Crippen molar-refractivity contribution in [3.8, 4) is 0 Å². The van der Waals surface area contributed by atoms with Gasteiger partial charge >= 0.3 is 17.9 Å². The lowest BCUT2D eigenvalue weighted by atomic mass is 10.1. The van der Waals surface area contributed by atoms with Gasteiger partial charge in [-0.15, -0.1) is 0 Å². The Bertz CT molecular complexity index is 1620. The molecule has 1 unspecified atom stereocenters. The fourth-order valence-corrected chi connectivity index (χ4v) is 9.59. The number of hydrogen-bond donors (Lipinski definition) is 0. The van der Waals surface area contributed by atoms with E-state index < -0.39 is 6.10 Å². The van der Waals surface area contributed by atoms with Crippen molar-refractivity contribution in [3.05, 3.63) is 109 Å². The first kappa shape index (κ1) is 77.1. The molecule has 464 valence electrons. The third kappa shape index (κ3) is 66.8. The van der Waals surface area contributed by atoms with E-state index in [1.165, 1.54) is 173 Å². The minimum atomic E-state index is -0.792. The number of hydrogen-bond acceptors (Lipinski definition) is 6. The van der Waals surface area contributed by atoms with E-state index in [-0.39, 0.29) is 31.1 Å². The summed E-state index contributed by atoms with van der Waals surface area (Å²) in [5.74, 6) is -0.898. The summed E-state index contributed by atoms with van der Waals surface area (Å²) >= 11 is 0. The van der Waals surface area contributed by atoms with Crippen LogP contribution in [0.25, 0.3) is 0 Å². The highest BCUT2D eigenvalue weighted by Gasteiger charge is 2.19. The third-order valence-electron chi connectivity index (χ3n) is 14.7. The zero-order chi connectivity index (χ0) is 58.5. The van der Waals surface area contributed by atoms with Crippen LogP contribution in [0.1, 0.15) is 329 Å². The molecule has 0 aliphatic rings. The maximum absolute atomic E-state index is 13.0. The highest BCUT2D eigenvalue weighted by molar-refractivity contribution is 5.71. The van der Waals surface area contributed by atoms with E-state index in [0.29, 0.717) is 19.3 Å². The molecule has 0 N–H and O–H groups in total. The standard InChI is InChI=1S/C75H128O6/c1-4-7-10-13-16-19-22-25-28-31-33-35-36-37-38-40-41-44-47-50-53-56-59-62-65-68-74(77)80-71-72(70-79-73(76)67-64-61-58-55-52-49-46-43-30-27-24-21-18-15-12-9-6-3)81-75(78)69-66-63-60-57-54-51-48-45-42-39-34-32-29-26-23-20-17-14-11-8-5-2/h7,10,16,19,23,25-28,30,32-35,37-38,41,44,72H,4-6,8-9,11-15,17-18,20-22,24,29,31,36,39-40,42-43,45-71H2,1-3H3/b10-7-,19-16-,26-23-,28-25-,30-27-,34-32-,35-33-,38-37-,44-41-. The summed E-state index contributed by atoms with van der Waals surface area (Å²) in [6.45, 7) is 6.53. The fourth-order valence-electron chi connectivity index (χ4n) is 9.59. The van der Waals surface area contributed by atoms with E-state index in [9.17, 15) is 14.4 Å². The molecular formula is C75H128O6. The van der Waals surface area contributed by atoms with E-state index in [1.807, 2.05) is 0 Å².